The average Bonchev–Trinajstić information content (AvgIpc) is 3.06. The van der Waals surface area contributed by atoms with Crippen LogP contribution in [0.15, 0.2) is 39.5 Å². The molecule has 3 aromatic rings. The van der Waals surface area contributed by atoms with Crippen molar-refractivity contribution in [2.75, 3.05) is 5.32 Å². The standard InChI is InChI=1S/C14H13BrN4S/c1-9-17-14(19-18-9)11-3-2-4-12(6-11)16-7-10-5-13(15)20-8-10/h2-6,8,16H,7H2,1H3,(H,17,18,19). The monoisotopic (exact) mass is 348 g/mol. The summed E-state index contributed by atoms with van der Waals surface area (Å²) in [7, 11) is 0. The van der Waals surface area contributed by atoms with E-state index >= 15 is 0 Å². The lowest BCUT2D eigenvalue weighted by atomic mass is 10.2. The number of H-pyrrole nitrogens is 1. The van der Waals surface area contributed by atoms with E-state index in [4.69, 9.17) is 0 Å². The summed E-state index contributed by atoms with van der Waals surface area (Å²) in [5.74, 6) is 1.55. The maximum absolute atomic E-state index is 4.34. The SMILES string of the molecule is Cc1nc(-c2cccc(NCc3csc(Br)c3)c2)n[nH]1. The van der Waals surface area contributed by atoms with Gasteiger partial charge >= 0.3 is 0 Å². The van der Waals surface area contributed by atoms with Gasteiger partial charge in [0.2, 0.25) is 0 Å². The summed E-state index contributed by atoms with van der Waals surface area (Å²) in [6, 6.07) is 10.2. The number of anilines is 1. The molecule has 1 aromatic carbocycles. The van der Waals surface area contributed by atoms with Crippen LogP contribution >= 0.6 is 27.3 Å². The Hall–Kier alpha value is -1.66. The highest BCUT2D eigenvalue weighted by Gasteiger charge is 2.04. The third-order valence-electron chi connectivity index (χ3n) is 2.84. The maximum Gasteiger partial charge on any atom is 0.181 e. The van der Waals surface area contributed by atoms with E-state index in [2.05, 4.69) is 53.9 Å². The molecular weight excluding hydrogens is 336 g/mol. The Labute approximate surface area is 129 Å². The van der Waals surface area contributed by atoms with Gasteiger partial charge < -0.3 is 5.32 Å². The van der Waals surface area contributed by atoms with E-state index in [0.29, 0.717) is 0 Å². The molecule has 4 nitrogen and oxygen atoms in total. The van der Waals surface area contributed by atoms with Crippen LogP contribution in [0.25, 0.3) is 11.4 Å². The van der Waals surface area contributed by atoms with Gasteiger partial charge in [-0.05, 0) is 52.0 Å². The number of aromatic nitrogens is 3. The van der Waals surface area contributed by atoms with E-state index in [0.717, 1.165) is 33.2 Å². The summed E-state index contributed by atoms with van der Waals surface area (Å²) in [4.78, 5) is 4.34. The van der Waals surface area contributed by atoms with Crippen LogP contribution < -0.4 is 5.32 Å². The van der Waals surface area contributed by atoms with Gasteiger partial charge in [0.25, 0.3) is 0 Å². The van der Waals surface area contributed by atoms with Gasteiger partial charge in [-0.25, -0.2) is 4.98 Å². The minimum absolute atomic E-state index is 0.726. The molecule has 6 heteroatoms. The second-order valence-electron chi connectivity index (χ2n) is 4.44. The molecule has 0 aliphatic heterocycles. The second-order valence-corrected chi connectivity index (χ2v) is 6.73. The van der Waals surface area contributed by atoms with Crippen LogP contribution in [0.5, 0.6) is 0 Å². The molecule has 0 saturated carbocycles. The van der Waals surface area contributed by atoms with Gasteiger partial charge in [-0.3, -0.25) is 5.10 Å². The summed E-state index contributed by atoms with van der Waals surface area (Å²) in [5, 5.41) is 12.6. The van der Waals surface area contributed by atoms with Crippen LogP contribution in [-0.4, -0.2) is 15.2 Å². The van der Waals surface area contributed by atoms with Crippen LogP contribution in [-0.2, 0) is 6.54 Å². The van der Waals surface area contributed by atoms with Gasteiger partial charge in [0.1, 0.15) is 5.82 Å². The molecule has 2 heterocycles. The minimum Gasteiger partial charge on any atom is -0.381 e. The largest absolute Gasteiger partial charge is 0.381 e. The lowest BCUT2D eigenvalue weighted by Crippen LogP contribution is -1.98. The number of thiophene rings is 1. The van der Waals surface area contributed by atoms with Crippen LogP contribution in [0.3, 0.4) is 0 Å². The van der Waals surface area contributed by atoms with Crippen LogP contribution in [0.1, 0.15) is 11.4 Å². The summed E-state index contributed by atoms with van der Waals surface area (Å²) in [5.41, 5.74) is 3.33. The molecule has 0 unspecified atom stereocenters. The molecule has 20 heavy (non-hydrogen) atoms. The predicted octanol–water partition coefficient (Wildman–Crippen LogP) is 4.22. The Morgan fingerprint density at radius 3 is 2.95 bits per heavy atom. The Kier molecular flexibility index (Phi) is 3.84. The van der Waals surface area contributed by atoms with E-state index in [1.54, 1.807) is 11.3 Å². The third-order valence-corrected chi connectivity index (χ3v) is 4.39. The fourth-order valence-electron chi connectivity index (χ4n) is 1.88. The maximum atomic E-state index is 4.34. The molecule has 0 bridgehead atoms. The molecule has 0 fully saturated rings. The number of halogens is 1. The molecule has 2 N–H and O–H groups in total. The Morgan fingerprint density at radius 2 is 2.25 bits per heavy atom. The zero-order chi connectivity index (χ0) is 13.9. The summed E-state index contributed by atoms with van der Waals surface area (Å²) >= 11 is 5.17. The number of rotatable bonds is 4. The van der Waals surface area contributed by atoms with Gasteiger partial charge in [0, 0.05) is 17.8 Å². The zero-order valence-electron chi connectivity index (χ0n) is 10.9. The number of aromatic amines is 1. The van der Waals surface area contributed by atoms with Gasteiger partial charge in [0.05, 0.1) is 3.79 Å². The smallest absolute Gasteiger partial charge is 0.181 e. The van der Waals surface area contributed by atoms with E-state index in [1.807, 2.05) is 25.1 Å². The average molecular weight is 349 g/mol. The van der Waals surface area contributed by atoms with E-state index in [-0.39, 0.29) is 0 Å². The number of nitrogens with zero attached hydrogens (tertiary/aromatic N) is 2. The molecule has 0 aliphatic rings. The molecule has 0 spiro atoms. The Bertz CT molecular complexity index is 719. The van der Waals surface area contributed by atoms with Gasteiger partial charge in [0.15, 0.2) is 5.82 Å². The lowest BCUT2D eigenvalue weighted by molar-refractivity contribution is 1.04. The first-order valence-corrected chi connectivity index (χ1v) is 7.84. The Balaban J connectivity index is 1.74. The predicted molar refractivity (Wildman–Crippen MR) is 85.9 cm³/mol. The Morgan fingerprint density at radius 1 is 1.35 bits per heavy atom. The van der Waals surface area contributed by atoms with Gasteiger partial charge in [-0.2, -0.15) is 5.10 Å². The molecular formula is C14H13BrN4S. The highest BCUT2D eigenvalue weighted by molar-refractivity contribution is 9.11. The number of nitrogens with one attached hydrogen (secondary N) is 2. The van der Waals surface area contributed by atoms with Crippen molar-refractivity contribution >= 4 is 33.0 Å². The zero-order valence-corrected chi connectivity index (χ0v) is 13.3. The first-order valence-electron chi connectivity index (χ1n) is 6.17. The highest BCUT2D eigenvalue weighted by atomic mass is 79.9. The van der Waals surface area contributed by atoms with Crippen molar-refractivity contribution < 1.29 is 0 Å². The number of benzene rings is 1. The molecule has 0 radical (unpaired) electrons. The fraction of sp³-hybridized carbons (Fsp3) is 0.143. The summed E-state index contributed by atoms with van der Waals surface area (Å²) in [6.07, 6.45) is 0. The molecule has 0 saturated heterocycles. The molecule has 0 amide bonds. The van der Waals surface area contributed by atoms with Gasteiger partial charge in [-0.15, -0.1) is 11.3 Å². The van der Waals surface area contributed by atoms with Gasteiger partial charge in [-0.1, -0.05) is 12.1 Å². The van der Waals surface area contributed by atoms with Crippen molar-refractivity contribution in [1.82, 2.24) is 15.2 Å². The van der Waals surface area contributed by atoms with Crippen molar-refractivity contribution in [3.05, 3.63) is 50.9 Å². The minimum atomic E-state index is 0.726. The molecule has 3 rings (SSSR count). The summed E-state index contributed by atoms with van der Waals surface area (Å²) < 4.78 is 1.15. The van der Waals surface area contributed by atoms with E-state index in [1.165, 1.54) is 5.56 Å². The molecule has 0 atom stereocenters. The van der Waals surface area contributed by atoms with Crippen molar-refractivity contribution in [3.8, 4) is 11.4 Å². The third kappa shape index (κ3) is 3.08. The van der Waals surface area contributed by atoms with Crippen molar-refractivity contribution in [3.63, 3.8) is 0 Å². The fourth-order valence-corrected chi connectivity index (χ4v) is 3.09. The van der Waals surface area contributed by atoms with E-state index in [9.17, 15) is 0 Å². The molecule has 2 aromatic heterocycles. The van der Waals surface area contributed by atoms with Crippen molar-refractivity contribution in [1.29, 1.82) is 0 Å². The first kappa shape index (κ1) is 13.3. The molecule has 0 aliphatic carbocycles. The summed E-state index contributed by atoms with van der Waals surface area (Å²) in [6.45, 7) is 2.70. The van der Waals surface area contributed by atoms with E-state index < -0.39 is 0 Å². The highest BCUT2D eigenvalue weighted by Crippen LogP contribution is 2.23. The van der Waals surface area contributed by atoms with Crippen molar-refractivity contribution in [2.24, 2.45) is 0 Å². The van der Waals surface area contributed by atoms with Crippen LogP contribution in [0.4, 0.5) is 5.69 Å². The number of hydrogen-bond acceptors (Lipinski definition) is 4. The van der Waals surface area contributed by atoms with Crippen LogP contribution in [0.2, 0.25) is 0 Å². The topological polar surface area (TPSA) is 53.6 Å². The molecule has 102 valence electrons. The normalized spacial score (nSPS) is 10.7. The quantitative estimate of drug-likeness (QED) is 0.742. The lowest BCUT2D eigenvalue weighted by Gasteiger charge is -2.06. The first-order chi connectivity index (χ1) is 9.70. The second kappa shape index (κ2) is 5.76. The van der Waals surface area contributed by atoms with Crippen LogP contribution in [0, 0.1) is 6.92 Å². The number of aryl methyl sites for hydroxylation is 1. The number of hydrogen-bond donors (Lipinski definition) is 2. The van der Waals surface area contributed by atoms with Crippen molar-refractivity contribution in [2.45, 2.75) is 13.5 Å².